The predicted molar refractivity (Wildman–Crippen MR) is 150 cm³/mol. The number of nitrogens with zero attached hydrogens (tertiary/aromatic N) is 4. The quantitative estimate of drug-likeness (QED) is 0.458. The highest BCUT2D eigenvalue weighted by atomic mass is 32.2. The smallest absolute Gasteiger partial charge is 0.241 e. The minimum Gasteiger partial charge on any atom is -0.369 e. The Morgan fingerprint density at radius 3 is 2.35 bits per heavy atom. The van der Waals surface area contributed by atoms with Crippen LogP contribution in [0.25, 0.3) is 0 Å². The van der Waals surface area contributed by atoms with E-state index in [9.17, 15) is 8.42 Å². The van der Waals surface area contributed by atoms with Crippen LogP contribution in [-0.4, -0.2) is 62.1 Å². The number of aryl methyl sites for hydroxylation is 1. The maximum atomic E-state index is 12.8. The van der Waals surface area contributed by atoms with Gasteiger partial charge in [0.1, 0.15) is 0 Å². The second-order valence-electron chi connectivity index (χ2n) is 10.7. The molecular weight excluding hydrogens is 484 g/mol. The third kappa shape index (κ3) is 7.28. The third-order valence-electron chi connectivity index (χ3n) is 6.35. The van der Waals surface area contributed by atoms with Gasteiger partial charge in [0.15, 0.2) is 0 Å². The summed E-state index contributed by atoms with van der Waals surface area (Å²) in [6.07, 6.45) is 3.16. The van der Waals surface area contributed by atoms with Crippen molar-refractivity contribution >= 4 is 27.3 Å². The molecule has 1 aromatic heterocycles. The molecule has 1 aliphatic rings. The molecule has 0 saturated carbocycles. The Morgan fingerprint density at radius 2 is 1.70 bits per heavy atom. The molecule has 4 rings (SSSR count). The summed E-state index contributed by atoms with van der Waals surface area (Å²) < 4.78 is 28.4. The highest BCUT2D eigenvalue weighted by Gasteiger charge is 2.22. The van der Waals surface area contributed by atoms with Gasteiger partial charge in [-0.3, -0.25) is 0 Å². The lowest BCUT2D eigenvalue weighted by molar-refractivity contribution is 0.313. The first-order chi connectivity index (χ1) is 17.5. The number of benzene rings is 2. The summed E-state index contributed by atoms with van der Waals surface area (Å²) in [6.45, 7) is 11.8. The van der Waals surface area contributed by atoms with Crippen LogP contribution in [0.5, 0.6) is 0 Å². The molecule has 0 unspecified atom stereocenters. The third-order valence-corrected chi connectivity index (χ3v) is 8.10. The molecule has 0 bridgehead atoms. The van der Waals surface area contributed by atoms with E-state index in [0.29, 0.717) is 12.4 Å². The number of piperazine rings is 1. The van der Waals surface area contributed by atoms with Gasteiger partial charge in [0, 0.05) is 55.7 Å². The Morgan fingerprint density at radius 1 is 1.00 bits per heavy atom. The highest BCUT2D eigenvalue weighted by molar-refractivity contribution is 7.89. The molecular formula is C28H38N6O2S. The minimum atomic E-state index is -3.61. The molecule has 0 radical (unpaired) electrons. The highest BCUT2D eigenvalue weighted by Crippen LogP contribution is 2.23. The molecule has 0 aliphatic carbocycles. The number of likely N-dealkylation sites (N-methyl/N-ethyl adjacent to an activating group) is 1. The van der Waals surface area contributed by atoms with E-state index < -0.39 is 15.6 Å². The van der Waals surface area contributed by atoms with Crippen LogP contribution in [0.15, 0.2) is 59.6 Å². The first kappa shape index (κ1) is 27.0. The van der Waals surface area contributed by atoms with Crippen LogP contribution >= 0.6 is 0 Å². The van der Waals surface area contributed by atoms with E-state index in [1.165, 1.54) is 5.69 Å². The molecule has 198 valence electrons. The summed E-state index contributed by atoms with van der Waals surface area (Å²) >= 11 is 0. The van der Waals surface area contributed by atoms with Crippen molar-refractivity contribution in [3.63, 3.8) is 0 Å². The minimum absolute atomic E-state index is 0.255. The number of hydrogen-bond donors (Lipinski definition) is 2. The monoisotopic (exact) mass is 522 g/mol. The van der Waals surface area contributed by atoms with Crippen molar-refractivity contribution in [3.8, 4) is 0 Å². The first-order valence-electron chi connectivity index (χ1n) is 12.8. The largest absolute Gasteiger partial charge is 0.369 e. The van der Waals surface area contributed by atoms with Gasteiger partial charge in [0.05, 0.1) is 10.6 Å². The van der Waals surface area contributed by atoms with Gasteiger partial charge < -0.3 is 15.1 Å². The molecule has 2 aromatic carbocycles. The molecule has 9 heteroatoms. The zero-order chi connectivity index (χ0) is 26.6. The van der Waals surface area contributed by atoms with Gasteiger partial charge >= 0.3 is 0 Å². The topological polar surface area (TPSA) is 90.5 Å². The summed E-state index contributed by atoms with van der Waals surface area (Å²) in [6, 6.07) is 15.4. The Hall–Kier alpha value is -3.01. The molecule has 1 fully saturated rings. The molecule has 0 amide bonds. The fraction of sp³-hybridized carbons (Fsp3) is 0.429. The van der Waals surface area contributed by atoms with Crippen LogP contribution in [0, 0.1) is 0 Å². The number of hydrogen-bond acceptors (Lipinski definition) is 7. The van der Waals surface area contributed by atoms with Crippen molar-refractivity contribution in [1.82, 2.24) is 19.6 Å². The molecule has 3 aromatic rings. The van der Waals surface area contributed by atoms with Crippen molar-refractivity contribution in [2.45, 2.75) is 51.0 Å². The van der Waals surface area contributed by atoms with Crippen molar-refractivity contribution in [2.75, 3.05) is 43.4 Å². The maximum absolute atomic E-state index is 12.8. The molecule has 2 N–H and O–H groups in total. The molecule has 0 atom stereocenters. The first-order valence-corrected chi connectivity index (χ1v) is 14.3. The van der Waals surface area contributed by atoms with Crippen LogP contribution in [0.3, 0.4) is 0 Å². The lowest BCUT2D eigenvalue weighted by Gasteiger charge is -2.34. The number of nitrogens with one attached hydrogen (secondary N) is 2. The Kier molecular flexibility index (Phi) is 8.16. The van der Waals surface area contributed by atoms with E-state index in [0.717, 1.165) is 55.1 Å². The Bertz CT molecular complexity index is 1310. The molecule has 37 heavy (non-hydrogen) atoms. The average molecular weight is 523 g/mol. The molecule has 0 spiro atoms. The van der Waals surface area contributed by atoms with E-state index in [1.807, 2.05) is 33.0 Å². The number of rotatable bonds is 8. The van der Waals surface area contributed by atoms with Gasteiger partial charge in [-0.15, -0.1) is 0 Å². The summed E-state index contributed by atoms with van der Waals surface area (Å²) in [5.74, 6) is 0.526. The van der Waals surface area contributed by atoms with Crippen LogP contribution in [0.2, 0.25) is 0 Å². The fourth-order valence-corrected chi connectivity index (χ4v) is 5.87. The summed E-state index contributed by atoms with van der Waals surface area (Å²) in [5, 5.41) is 3.33. The zero-order valence-electron chi connectivity index (χ0n) is 22.5. The summed E-state index contributed by atoms with van der Waals surface area (Å²) in [5.41, 5.74) is 4.39. The molecule has 8 nitrogen and oxygen atoms in total. The normalized spacial score (nSPS) is 15.1. The second kappa shape index (κ2) is 11.2. The standard InChI is InChI=1S/C28H38N6O2S/c1-6-22-20-29-27(30-23-10-12-24(13-11-23)34-16-14-33(5)15-17-34)31-26(22)19-21-8-7-9-25(18-21)37(35,36)32-28(2,3)4/h7-13,18,20,32H,6,14-17,19H2,1-5H3,(H,29,30,31). The van der Waals surface area contributed by atoms with Gasteiger partial charge in [-0.25, -0.2) is 23.1 Å². The van der Waals surface area contributed by atoms with E-state index in [4.69, 9.17) is 4.98 Å². The zero-order valence-corrected chi connectivity index (χ0v) is 23.3. The van der Waals surface area contributed by atoms with Crippen molar-refractivity contribution in [1.29, 1.82) is 0 Å². The van der Waals surface area contributed by atoms with E-state index in [2.05, 4.69) is 63.1 Å². The number of anilines is 3. The predicted octanol–water partition coefficient (Wildman–Crippen LogP) is 4.20. The molecule has 2 heterocycles. The van der Waals surface area contributed by atoms with E-state index in [1.54, 1.807) is 18.2 Å². The maximum Gasteiger partial charge on any atom is 0.241 e. The van der Waals surface area contributed by atoms with Crippen LogP contribution in [-0.2, 0) is 22.9 Å². The lowest BCUT2D eigenvalue weighted by atomic mass is 10.1. The average Bonchev–Trinajstić information content (AvgIpc) is 2.84. The van der Waals surface area contributed by atoms with Crippen LogP contribution in [0.4, 0.5) is 17.3 Å². The van der Waals surface area contributed by atoms with Crippen molar-refractivity contribution in [2.24, 2.45) is 0 Å². The summed E-state index contributed by atoms with van der Waals surface area (Å²) in [7, 11) is -1.45. The van der Waals surface area contributed by atoms with E-state index in [-0.39, 0.29) is 4.90 Å². The fourth-order valence-electron chi connectivity index (χ4n) is 4.38. The molecule has 1 saturated heterocycles. The van der Waals surface area contributed by atoms with Gasteiger partial charge in [-0.2, -0.15) is 0 Å². The van der Waals surface area contributed by atoms with E-state index >= 15 is 0 Å². The van der Waals surface area contributed by atoms with Gasteiger partial charge in [-0.1, -0.05) is 19.1 Å². The van der Waals surface area contributed by atoms with Gasteiger partial charge in [-0.05, 0) is 81.8 Å². The number of aromatic nitrogens is 2. The molecule has 1 aliphatic heterocycles. The van der Waals surface area contributed by atoms with Crippen LogP contribution in [0.1, 0.15) is 44.5 Å². The SMILES string of the molecule is CCc1cnc(Nc2ccc(N3CCN(C)CC3)cc2)nc1Cc1cccc(S(=O)(=O)NC(C)(C)C)c1. The van der Waals surface area contributed by atoms with Gasteiger partial charge in [0.25, 0.3) is 0 Å². The number of sulfonamides is 1. The Balaban J connectivity index is 1.50. The van der Waals surface area contributed by atoms with Crippen molar-refractivity contribution in [3.05, 3.63) is 71.5 Å². The second-order valence-corrected chi connectivity index (χ2v) is 12.3. The van der Waals surface area contributed by atoms with Crippen LogP contribution < -0.4 is 14.9 Å². The van der Waals surface area contributed by atoms with Crippen molar-refractivity contribution < 1.29 is 8.42 Å². The van der Waals surface area contributed by atoms with Gasteiger partial charge in [0.2, 0.25) is 16.0 Å². The lowest BCUT2D eigenvalue weighted by Crippen LogP contribution is -2.44. The summed E-state index contributed by atoms with van der Waals surface area (Å²) in [4.78, 5) is 14.3. The Labute approximate surface area is 221 Å².